The number of hydrogen-bond donors (Lipinski definition) is 5. The van der Waals surface area contributed by atoms with Crippen molar-refractivity contribution in [3.8, 4) is 38.1 Å². The molecule has 0 saturated heterocycles. The summed E-state index contributed by atoms with van der Waals surface area (Å²) in [6.07, 6.45) is 9.69. The quantitative estimate of drug-likeness (QED) is 0.0580. The van der Waals surface area contributed by atoms with E-state index >= 15 is 0 Å². The summed E-state index contributed by atoms with van der Waals surface area (Å²) >= 11 is 5.52. The van der Waals surface area contributed by atoms with Crippen LogP contribution < -0.4 is 15.4 Å². The van der Waals surface area contributed by atoms with Crippen molar-refractivity contribution in [3.05, 3.63) is 78.5 Å². The molecule has 4 N–H and O–H groups in total. The van der Waals surface area contributed by atoms with Gasteiger partial charge in [-0.2, -0.15) is 12.6 Å². The number of H-pyrrole nitrogens is 1. The highest BCUT2D eigenvalue weighted by molar-refractivity contribution is 7.80. The van der Waals surface area contributed by atoms with Crippen LogP contribution in [0.2, 0.25) is 0 Å². The molecule has 4 rings (SSSR count). The van der Waals surface area contributed by atoms with Crippen molar-refractivity contribution in [1.82, 2.24) is 20.6 Å². The highest BCUT2D eigenvalue weighted by Crippen LogP contribution is 2.40. The van der Waals surface area contributed by atoms with E-state index in [9.17, 15) is 14.4 Å². The number of thiol groups is 1. The fraction of sp³-hybridized carbons (Fsp3) is 0.273. The predicted molar refractivity (Wildman–Crippen MR) is 178 cm³/mol. The fourth-order valence-electron chi connectivity index (χ4n) is 4.31. The number of aliphatic carboxylic acids is 1. The van der Waals surface area contributed by atoms with Crippen molar-refractivity contribution in [2.45, 2.75) is 38.6 Å². The summed E-state index contributed by atoms with van der Waals surface area (Å²) in [5.41, 5.74) is 4.48. The highest BCUT2D eigenvalue weighted by Gasteiger charge is 2.19. The Hall–Kier alpha value is -4.35. The van der Waals surface area contributed by atoms with Crippen LogP contribution in [0, 0.1) is 0 Å². The predicted octanol–water partition coefficient (Wildman–Crippen LogP) is 6.06. The molecule has 9 nitrogen and oxygen atoms in total. The van der Waals surface area contributed by atoms with Gasteiger partial charge in [0.25, 0.3) is 5.91 Å². The minimum Gasteiger partial charge on any atom is -0.484 e. The molecule has 1 atom stereocenters. The first-order valence-corrected chi connectivity index (χ1v) is 15.9. The molecule has 0 radical (unpaired) electrons. The Morgan fingerprint density at radius 3 is 2.45 bits per heavy atom. The number of carbonyl (C=O) groups excluding carboxylic acids is 2. The third-order valence-electron chi connectivity index (χ3n) is 6.70. The number of carboxylic acid groups (broad SMARTS) is 1. The molecule has 0 aliphatic carbocycles. The van der Waals surface area contributed by atoms with Crippen molar-refractivity contribution < 1.29 is 24.2 Å². The minimum atomic E-state index is -1.16. The van der Waals surface area contributed by atoms with Gasteiger partial charge in [0, 0.05) is 30.1 Å². The van der Waals surface area contributed by atoms with Crippen LogP contribution in [0.3, 0.4) is 0 Å². The molecule has 0 bridgehead atoms. The number of carbonyl (C=O) groups is 3. The summed E-state index contributed by atoms with van der Waals surface area (Å²) in [5.74, 6) is -1.36. The Morgan fingerprint density at radius 1 is 1.05 bits per heavy atom. The number of unbranched alkanes of at least 4 members (excludes halogenated alkanes) is 3. The van der Waals surface area contributed by atoms with Crippen molar-refractivity contribution in [1.29, 1.82) is 0 Å². The second kappa shape index (κ2) is 16.5. The zero-order valence-corrected chi connectivity index (χ0v) is 26.1. The van der Waals surface area contributed by atoms with Crippen LogP contribution in [-0.4, -0.2) is 57.8 Å². The third kappa shape index (κ3) is 9.32. The van der Waals surface area contributed by atoms with Crippen LogP contribution in [0.4, 0.5) is 0 Å². The average Bonchev–Trinajstić information content (AvgIpc) is 3.73. The Kier molecular flexibility index (Phi) is 12.2. The van der Waals surface area contributed by atoms with Crippen LogP contribution in [-0.2, 0) is 14.4 Å². The third-order valence-corrected chi connectivity index (χ3v) is 8.20. The lowest BCUT2D eigenvalue weighted by Crippen LogP contribution is -2.44. The molecular weight excluding hydrogens is 597 g/mol. The van der Waals surface area contributed by atoms with Gasteiger partial charge >= 0.3 is 5.97 Å². The summed E-state index contributed by atoms with van der Waals surface area (Å²) in [4.78, 5) is 44.5. The molecule has 2 heterocycles. The highest BCUT2D eigenvalue weighted by atomic mass is 32.1. The van der Waals surface area contributed by atoms with Crippen molar-refractivity contribution in [3.63, 3.8) is 0 Å². The van der Waals surface area contributed by atoms with Crippen molar-refractivity contribution >= 4 is 47.8 Å². The van der Waals surface area contributed by atoms with Crippen LogP contribution in [0.15, 0.2) is 72.9 Å². The number of thiazole rings is 1. The second-order valence-corrected chi connectivity index (χ2v) is 11.4. The Balaban J connectivity index is 1.46. The lowest BCUT2D eigenvalue weighted by molar-refractivity contribution is -0.141. The monoisotopic (exact) mass is 632 g/mol. The Labute approximate surface area is 266 Å². The Morgan fingerprint density at radius 2 is 1.80 bits per heavy atom. The van der Waals surface area contributed by atoms with Gasteiger partial charge in [-0.25, -0.2) is 9.78 Å². The van der Waals surface area contributed by atoms with E-state index in [0.29, 0.717) is 12.3 Å². The first-order chi connectivity index (χ1) is 21.4. The number of rotatable bonds is 16. The molecule has 230 valence electrons. The van der Waals surface area contributed by atoms with Gasteiger partial charge < -0.3 is 25.5 Å². The number of benzene rings is 2. The summed E-state index contributed by atoms with van der Waals surface area (Å²) < 4.78 is 5.57. The topological polar surface area (TPSA) is 133 Å². The van der Waals surface area contributed by atoms with Gasteiger partial charge in [0.2, 0.25) is 5.91 Å². The molecule has 0 spiro atoms. The lowest BCUT2D eigenvalue weighted by atomic mass is 10.0. The molecule has 2 aromatic carbocycles. The number of aromatic nitrogens is 2. The summed E-state index contributed by atoms with van der Waals surface area (Å²) in [7, 11) is 0. The molecule has 0 aliphatic heterocycles. The number of ether oxygens (including phenoxy) is 1. The maximum absolute atomic E-state index is 12.2. The van der Waals surface area contributed by atoms with E-state index in [2.05, 4.69) is 35.2 Å². The molecule has 0 saturated carbocycles. The van der Waals surface area contributed by atoms with Gasteiger partial charge in [0.1, 0.15) is 16.8 Å². The molecule has 11 heteroatoms. The summed E-state index contributed by atoms with van der Waals surface area (Å²) in [6.45, 7) is 2.53. The molecule has 4 aromatic rings. The first-order valence-electron chi connectivity index (χ1n) is 14.4. The van der Waals surface area contributed by atoms with E-state index in [1.54, 1.807) is 29.5 Å². The van der Waals surface area contributed by atoms with E-state index in [1.165, 1.54) is 12.8 Å². The van der Waals surface area contributed by atoms with E-state index in [4.69, 9.17) is 14.8 Å². The smallest absolute Gasteiger partial charge is 0.327 e. The molecule has 0 fully saturated rings. The molecule has 1 unspecified atom stereocenters. The van der Waals surface area contributed by atoms with Gasteiger partial charge in [-0.05, 0) is 60.0 Å². The van der Waals surface area contributed by atoms with Gasteiger partial charge in [-0.1, -0.05) is 50.5 Å². The van der Waals surface area contributed by atoms with E-state index < -0.39 is 17.9 Å². The standard InChI is InChI=1S/C33H36N4O5S2/c1-2-3-4-5-18-35-28(38)17-10-22-8-11-24(12-9-22)31-30(37-32(44-31)26-7-6-19-34-26)23-13-15-25(16-14-23)42-20-29(39)36-27(21-43)33(40)41/h6-17,19,27,34,43H,2-5,18,20-21H2,1H3,(H,35,38)(H,36,39)(H,40,41)/b17-10+. The molecular formula is C33H36N4O5S2. The molecule has 44 heavy (non-hydrogen) atoms. The molecule has 2 aromatic heterocycles. The van der Waals surface area contributed by atoms with Gasteiger partial charge in [-0.3, -0.25) is 9.59 Å². The number of nitrogens with one attached hydrogen (secondary N) is 3. The van der Waals surface area contributed by atoms with Crippen molar-refractivity contribution in [2.24, 2.45) is 0 Å². The number of aromatic amines is 1. The molecule has 0 aliphatic rings. The van der Waals surface area contributed by atoms with Crippen LogP contribution in [0.25, 0.3) is 38.5 Å². The van der Waals surface area contributed by atoms with E-state index in [-0.39, 0.29) is 18.3 Å². The zero-order chi connectivity index (χ0) is 31.3. The zero-order valence-electron chi connectivity index (χ0n) is 24.4. The largest absolute Gasteiger partial charge is 0.484 e. The van der Waals surface area contributed by atoms with Crippen LogP contribution in [0.1, 0.15) is 38.2 Å². The molecule has 2 amide bonds. The number of carboxylic acids is 1. The van der Waals surface area contributed by atoms with Crippen LogP contribution in [0.5, 0.6) is 5.75 Å². The van der Waals surface area contributed by atoms with Crippen LogP contribution >= 0.6 is 24.0 Å². The van der Waals surface area contributed by atoms with Gasteiger partial charge in [0.15, 0.2) is 6.61 Å². The van der Waals surface area contributed by atoms with E-state index in [1.807, 2.05) is 60.8 Å². The second-order valence-electron chi connectivity index (χ2n) is 10.0. The number of nitrogens with zero attached hydrogens (tertiary/aromatic N) is 1. The maximum atomic E-state index is 12.2. The van der Waals surface area contributed by atoms with E-state index in [0.717, 1.165) is 50.8 Å². The van der Waals surface area contributed by atoms with Crippen molar-refractivity contribution in [2.75, 3.05) is 18.9 Å². The summed E-state index contributed by atoms with van der Waals surface area (Å²) in [6, 6.07) is 18.0. The normalized spacial score (nSPS) is 11.8. The first kappa shape index (κ1) is 32.6. The maximum Gasteiger partial charge on any atom is 0.327 e. The summed E-state index contributed by atoms with van der Waals surface area (Å²) in [5, 5.41) is 15.2. The number of amides is 2. The van der Waals surface area contributed by atoms with Gasteiger partial charge in [-0.15, -0.1) is 11.3 Å². The fourth-order valence-corrected chi connectivity index (χ4v) is 5.64. The van der Waals surface area contributed by atoms with Gasteiger partial charge in [0.05, 0.1) is 16.3 Å². The number of hydrogen-bond acceptors (Lipinski definition) is 7. The minimum absolute atomic E-state index is 0.0218. The SMILES string of the molecule is CCCCCCNC(=O)/C=C/c1ccc(-c2sc(-c3ccc[nH]3)nc2-c2ccc(OCC(=O)NC(CS)C(=O)O)cc2)cc1. The lowest BCUT2D eigenvalue weighted by Gasteiger charge is -2.12. The Bertz CT molecular complexity index is 1550. The average molecular weight is 633 g/mol.